The summed E-state index contributed by atoms with van der Waals surface area (Å²) in [4.78, 5) is 12.1. The van der Waals surface area contributed by atoms with Crippen molar-refractivity contribution in [3.05, 3.63) is 39.5 Å². The fourth-order valence-corrected chi connectivity index (χ4v) is 5.81. The number of rotatable bonds is 3. The van der Waals surface area contributed by atoms with E-state index in [2.05, 4.69) is 10.2 Å². The number of fused-ring (bicyclic) bond motifs is 1. The van der Waals surface area contributed by atoms with Crippen LogP contribution in [0.1, 0.15) is 39.5 Å². The number of sulfonamides is 1. The molecule has 0 radical (unpaired) electrons. The van der Waals surface area contributed by atoms with Gasteiger partial charge in [-0.2, -0.15) is 4.31 Å². The van der Waals surface area contributed by atoms with Crippen LogP contribution in [0.2, 0.25) is 0 Å². The summed E-state index contributed by atoms with van der Waals surface area (Å²) in [6, 6.07) is -1.21. The average Bonchev–Trinajstić information content (AvgIpc) is 2.97. The highest BCUT2D eigenvalue weighted by molar-refractivity contribution is 7.89. The molecule has 27 heavy (non-hydrogen) atoms. The van der Waals surface area contributed by atoms with Crippen molar-refractivity contribution in [1.82, 2.24) is 19.1 Å². The van der Waals surface area contributed by atoms with Crippen LogP contribution in [0, 0.1) is 41.5 Å². The van der Waals surface area contributed by atoms with Crippen molar-refractivity contribution in [2.24, 2.45) is 0 Å². The van der Waals surface area contributed by atoms with Gasteiger partial charge in [0.25, 0.3) is 0 Å². The number of aromatic nitrogens is 3. The van der Waals surface area contributed by atoms with Gasteiger partial charge < -0.3 is 9.67 Å². The molecule has 8 nitrogen and oxygen atoms in total. The Balaban J connectivity index is 2.22. The summed E-state index contributed by atoms with van der Waals surface area (Å²) >= 11 is 0. The summed E-state index contributed by atoms with van der Waals surface area (Å²) in [5.41, 5.74) is 4.16. The van der Waals surface area contributed by atoms with Gasteiger partial charge in [-0.25, -0.2) is 8.42 Å². The second kappa shape index (κ2) is 6.42. The van der Waals surface area contributed by atoms with Gasteiger partial charge in [-0.1, -0.05) is 0 Å². The Morgan fingerprint density at radius 1 is 0.963 bits per heavy atom. The molecule has 1 aliphatic rings. The predicted octanol–water partition coefficient (Wildman–Crippen LogP) is 1.79. The Morgan fingerprint density at radius 3 is 2.00 bits per heavy atom. The first-order valence-corrected chi connectivity index (χ1v) is 10.1. The zero-order chi connectivity index (χ0) is 20.3. The Hall–Kier alpha value is -2.26. The molecule has 0 saturated carbocycles. The van der Waals surface area contributed by atoms with Crippen molar-refractivity contribution in [2.75, 3.05) is 0 Å². The van der Waals surface area contributed by atoms with E-state index in [0.29, 0.717) is 22.8 Å². The van der Waals surface area contributed by atoms with E-state index in [-0.39, 0.29) is 18.0 Å². The van der Waals surface area contributed by atoms with Crippen LogP contribution in [0.15, 0.2) is 4.90 Å². The lowest BCUT2D eigenvalue weighted by molar-refractivity contribution is -0.142. The first-order chi connectivity index (χ1) is 12.5. The number of aliphatic carboxylic acids is 1. The number of carboxylic acid groups (broad SMARTS) is 1. The SMILES string of the molecule is Cc1c(C)c(C)c(S(=O)(=O)N2Cc3nnc(C)n3CC2C(=O)O)c(C)c1C. The predicted molar refractivity (Wildman–Crippen MR) is 99.0 cm³/mol. The van der Waals surface area contributed by atoms with Gasteiger partial charge in [-0.15, -0.1) is 10.2 Å². The molecular formula is C18H24N4O4S. The van der Waals surface area contributed by atoms with E-state index in [9.17, 15) is 18.3 Å². The third-order valence-corrected chi connectivity index (χ3v) is 7.92. The van der Waals surface area contributed by atoms with Crippen molar-refractivity contribution in [1.29, 1.82) is 0 Å². The molecule has 1 aromatic heterocycles. The molecule has 0 fully saturated rings. The summed E-state index contributed by atoms with van der Waals surface area (Å²) in [6.07, 6.45) is 0. The van der Waals surface area contributed by atoms with E-state index in [0.717, 1.165) is 21.0 Å². The molecule has 1 aliphatic heterocycles. The maximum Gasteiger partial charge on any atom is 0.323 e. The van der Waals surface area contributed by atoms with E-state index >= 15 is 0 Å². The van der Waals surface area contributed by atoms with Crippen molar-refractivity contribution >= 4 is 16.0 Å². The van der Waals surface area contributed by atoms with Crippen molar-refractivity contribution in [2.45, 2.75) is 65.6 Å². The lowest BCUT2D eigenvalue weighted by atomic mass is 9.95. The number of hydrogen-bond acceptors (Lipinski definition) is 5. The molecule has 1 N–H and O–H groups in total. The molecule has 2 heterocycles. The fraction of sp³-hybridized carbons (Fsp3) is 0.500. The number of carbonyl (C=O) groups is 1. The van der Waals surface area contributed by atoms with Crippen LogP contribution in [-0.4, -0.2) is 44.6 Å². The number of hydrogen-bond donors (Lipinski definition) is 1. The van der Waals surface area contributed by atoms with E-state index in [1.807, 2.05) is 20.8 Å². The van der Waals surface area contributed by atoms with Crippen LogP contribution in [0.4, 0.5) is 0 Å². The lowest BCUT2D eigenvalue weighted by Gasteiger charge is -2.33. The highest BCUT2D eigenvalue weighted by Crippen LogP contribution is 2.34. The van der Waals surface area contributed by atoms with Gasteiger partial charge in [0.2, 0.25) is 10.0 Å². The van der Waals surface area contributed by atoms with Gasteiger partial charge in [0, 0.05) is 0 Å². The van der Waals surface area contributed by atoms with Gasteiger partial charge >= 0.3 is 5.97 Å². The molecular weight excluding hydrogens is 368 g/mol. The van der Waals surface area contributed by atoms with Crippen LogP contribution < -0.4 is 0 Å². The van der Waals surface area contributed by atoms with E-state index < -0.39 is 22.0 Å². The molecule has 3 rings (SSSR count). The molecule has 1 atom stereocenters. The molecule has 9 heteroatoms. The second-order valence-electron chi connectivity index (χ2n) is 7.13. The minimum Gasteiger partial charge on any atom is -0.480 e. The first-order valence-electron chi connectivity index (χ1n) is 8.68. The summed E-state index contributed by atoms with van der Waals surface area (Å²) in [7, 11) is -4.04. The van der Waals surface area contributed by atoms with Crippen LogP contribution in [0.5, 0.6) is 0 Å². The highest BCUT2D eigenvalue weighted by atomic mass is 32.2. The number of carboxylic acids is 1. The first kappa shape index (κ1) is 19.5. The molecule has 146 valence electrons. The summed E-state index contributed by atoms with van der Waals surface area (Å²) < 4.78 is 29.9. The normalized spacial score (nSPS) is 17.8. The third-order valence-electron chi connectivity index (χ3n) is 5.80. The molecule has 0 amide bonds. The van der Waals surface area contributed by atoms with Gasteiger partial charge in [0.05, 0.1) is 18.0 Å². The van der Waals surface area contributed by atoms with Crippen LogP contribution in [0.25, 0.3) is 0 Å². The van der Waals surface area contributed by atoms with Crippen LogP contribution in [-0.2, 0) is 27.9 Å². The summed E-state index contributed by atoms with van der Waals surface area (Å²) in [5.74, 6) is -0.166. The Bertz CT molecular complexity index is 1030. The van der Waals surface area contributed by atoms with Gasteiger partial charge in [0.1, 0.15) is 17.7 Å². The van der Waals surface area contributed by atoms with E-state index in [1.165, 1.54) is 0 Å². The number of aryl methyl sites for hydroxylation is 1. The quantitative estimate of drug-likeness (QED) is 0.854. The second-order valence-corrected chi connectivity index (χ2v) is 8.96. The van der Waals surface area contributed by atoms with Gasteiger partial charge in [-0.05, 0) is 69.4 Å². The minimum atomic E-state index is -4.04. The van der Waals surface area contributed by atoms with Crippen LogP contribution >= 0.6 is 0 Å². The number of benzene rings is 1. The maximum atomic E-state index is 13.6. The molecule has 0 bridgehead atoms. The zero-order valence-corrected chi connectivity index (χ0v) is 17.2. The van der Waals surface area contributed by atoms with Crippen molar-refractivity contribution in [3.8, 4) is 0 Å². The third kappa shape index (κ3) is 2.85. The molecule has 0 aliphatic carbocycles. The van der Waals surface area contributed by atoms with Gasteiger partial charge in [0.15, 0.2) is 0 Å². The van der Waals surface area contributed by atoms with E-state index in [1.54, 1.807) is 25.3 Å². The Kier molecular flexibility index (Phi) is 4.63. The topological polar surface area (TPSA) is 105 Å². The monoisotopic (exact) mass is 392 g/mol. The largest absolute Gasteiger partial charge is 0.480 e. The van der Waals surface area contributed by atoms with Crippen molar-refractivity contribution in [3.63, 3.8) is 0 Å². The maximum absolute atomic E-state index is 13.6. The Morgan fingerprint density at radius 2 is 1.48 bits per heavy atom. The standard InChI is InChI=1S/C18H24N4O4S/c1-9-10(2)12(4)17(13(5)11(9)3)27(25,26)22-8-16-20-19-14(6)21(16)7-15(22)18(23)24/h15H,7-8H2,1-6H3,(H,23,24). The van der Waals surface area contributed by atoms with Crippen molar-refractivity contribution < 1.29 is 18.3 Å². The molecule has 1 unspecified atom stereocenters. The fourth-order valence-electron chi connectivity index (χ4n) is 3.72. The van der Waals surface area contributed by atoms with Crippen LogP contribution in [0.3, 0.4) is 0 Å². The molecule has 1 aromatic carbocycles. The smallest absolute Gasteiger partial charge is 0.323 e. The average molecular weight is 392 g/mol. The zero-order valence-electron chi connectivity index (χ0n) is 16.4. The summed E-state index contributed by atoms with van der Waals surface area (Å²) in [6.45, 7) is 10.9. The highest BCUT2D eigenvalue weighted by Gasteiger charge is 2.42. The lowest BCUT2D eigenvalue weighted by Crippen LogP contribution is -2.50. The minimum absolute atomic E-state index is 0.00927. The Labute approximate surface area is 158 Å². The molecule has 0 spiro atoms. The van der Waals surface area contributed by atoms with E-state index in [4.69, 9.17) is 0 Å². The number of nitrogens with zero attached hydrogens (tertiary/aromatic N) is 4. The molecule has 2 aromatic rings. The van der Waals surface area contributed by atoms with Gasteiger partial charge in [-0.3, -0.25) is 4.79 Å². The molecule has 0 saturated heterocycles. The summed E-state index contributed by atoms with van der Waals surface area (Å²) in [5, 5.41) is 17.7.